The summed E-state index contributed by atoms with van der Waals surface area (Å²) < 4.78 is 18.8. The van der Waals surface area contributed by atoms with Crippen molar-refractivity contribution in [3.8, 4) is 11.8 Å². The molecule has 0 aromatic heterocycles. The highest BCUT2D eigenvalue weighted by Crippen LogP contribution is 2.27. The van der Waals surface area contributed by atoms with Gasteiger partial charge >= 0.3 is 0 Å². The fourth-order valence-corrected chi connectivity index (χ4v) is 1.31. The van der Waals surface area contributed by atoms with Crippen molar-refractivity contribution >= 4 is 15.9 Å². The van der Waals surface area contributed by atoms with E-state index in [1.54, 1.807) is 19.0 Å². The van der Waals surface area contributed by atoms with Gasteiger partial charge in [-0.1, -0.05) is 0 Å². The molecule has 0 amide bonds. The standard InChI is InChI=1S/C11H10BrFN2O/c1-15(2)7-9(6-14)16-11-5-8(13)3-4-10(11)12/h3-5,7H,1-2H3/b9-7+. The smallest absolute Gasteiger partial charge is 0.219 e. The van der Waals surface area contributed by atoms with E-state index < -0.39 is 5.82 Å². The van der Waals surface area contributed by atoms with Crippen LogP contribution >= 0.6 is 15.9 Å². The first-order valence-electron chi connectivity index (χ1n) is 4.44. The first kappa shape index (κ1) is 12.5. The van der Waals surface area contributed by atoms with Crippen molar-refractivity contribution in [2.45, 2.75) is 0 Å². The minimum atomic E-state index is -0.416. The normalized spacial score (nSPS) is 10.8. The zero-order valence-electron chi connectivity index (χ0n) is 8.87. The maximum Gasteiger partial charge on any atom is 0.219 e. The molecule has 0 saturated carbocycles. The largest absolute Gasteiger partial charge is 0.443 e. The van der Waals surface area contributed by atoms with Crippen LogP contribution in [0.2, 0.25) is 0 Å². The molecule has 84 valence electrons. The van der Waals surface area contributed by atoms with Gasteiger partial charge in [0, 0.05) is 20.2 Å². The molecule has 0 unspecified atom stereocenters. The number of hydrogen-bond donors (Lipinski definition) is 0. The van der Waals surface area contributed by atoms with Crippen molar-refractivity contribution in [1.29, 1.82) is 5.26 Å². The van der Waals surface area contributed by atoms with Crippen molar-refractivity contribution in [2.24, 2.45) is 0 Å². The van der Waals surface area contributed by atoms with Gasteiger partial charge in [0.15, 0.2) is 0 Å². The summed E-state index contributed by atoms with van der Waals surface area (Å²) in [7, 11) is 3.53. The molecule has 0 aliphatic carbocycles. The Morgan fingerprint density at radius 1 is 1.56 bits per heavy atom. The molecular formula is C11H10BrFN2O. The fourth-order valence-electron chi connectivity index (χ4n) is 0.986. The molecule has 1 aromatic rings. The summed E-state index contributed by atoms with van der Waals surface area (Å²) in [6, 6.07) is 5.92. The van der Waals surface area contributed by atoms with Gasteiger partial charge in [-0.3, -0.25) is 0 Å². The molecule has 0 bridgehead atoms. The Kier molecular flexibility index (Phi) is 4.32. The van der Waals surface area contributed by atoms with Gasteiger partial charge in [-0.05, 0) is 28.1 Å². The number of ether oxygens (including phenoxy) is 1. The first-order chi connectivity index (χ1) is 7.52. The van der Waals surface area contributed by atoms with Gasteiger partial charge in [0.1, 0.15) is 17.6 Å². The molecular weight excluding hydrogens is 275 g/mol. The number of nitriles is 1. The topological polar surface area (TPSA) is 36.3 Å². The third kappa shape index (κ3) is 3.55. The number of allylic oxidation sites excluding steroid dienone is 1. The lowest BCUT2D eigenvalue weighted by atomic mass is 10.3. The Hall–Kier alpha value is -1.54. The number of nitrogens with zero attached hydrogens (tertiary/aromatic N) is 2. The molecule has 0 aliphatic rings. The molecule has 0 saturated heterocycles. The van der Waals surface area contributed by atoms with Gasteiger partial charge in [-0.15, -0.1) is 0 Å². The van der Waals surface area contributed by atoms with E-state index in [0.717, 1.165) is 0 Å². The monoisotopic (exact) mass is 284 g/mol. The number of rotatable bonds is 3. The highest BCUT2D eigenvalue weighted by atomic mass is 79.9. The van der Waals surface area contributed by atoms with Crippen LogP contribution in [-0.4, -0.2) is 19.0 Å². The van der Waals surface area contributed by atoms with Crippen molar-refractivity contribution < 1.29 is 9.13 Å². The van der Waals surface area contributed by atoms with E-state index in [9.17, 15) is 4.39 Å². The van der Waals surface area contributed by atoms with E-state index in [-0.39, 0.29) is 11.5 Å². The van der Waals surface area contributed by atoms with Crippen molar-refractivity contribution in [3.63, 3.8) is 0 Å². The molecule has 0 aliphatic heterocycles. The van der Waals surface area contributed by atoms with Crippen LogP contribution in [0.1, 0.15) is 0 Å². The second-order valence-electron chi connectivity index (χ2n) is 3.25. The molecule has 16 heavy (non-hydrogen) atoms. The lowest BCUT2D eigenvalue weighted by Gasteiger charge is -2.09. The fraction of sp³-hybridized carbons (Fsp3) is 0.182. The minimum absolute atomic E-state index is 0.0938. The molecule has 5 heteroatoms. The van der Waals surface area contributed by atoms with Gasteiger partial charge in [0.25, 0.3) is 0 Å². The number of hydrogen-bond acceptors (Lipinski definition) is 3. The number of halogens is 2. The average Bonchev–Trinajstić information content (AvgIpc) is 2.21. The van der Waals surface area contributed by atoms with Crippen LogP contribution in [0, 0.1) is 17.1 Å². The van der Waals surface area contributed by atoms with Crippen LogP contribution in [0.3, 0.4) is 0 Å². The number of benzene rings is 1. The Morgan fingerprint density at radius 2 is 2.25 bits per heavy atom. The van der Waals surface area contributed by atoms with E-state index in [4.69, 9.17) is 10.00 Å². The predicted octanol–water partition coefficient (Wildman–Crippen LogP) is 2.89. The average molecular weight is 285 g/mol. The third-order valence-corrected chi connectivity index (χ3v) is 2.25. The lowest BCUT2D eigenvalue weighted by molar-refractivity contribution is 0.418. The summed E-state index contributed by atoms with van der Waals surface area (Å²) in [5, 5.41) is 8.82. The van der Waals surface area contributed by atoms with Crippen LogP contribution in [0.5, 0.6) is 5.75 Å². The molecule has 3 nitrogen and oxygen atoms in total. The third-order valence-electron chi connectivity index (χ3n) is 1.60. The van der Waals surface area contributed by atoms with E-state index in [0.29, 0.717) is 4.47 Å². The van der Waals surface area contributed by atoms with Gasteiger partial charge in [-0.2, -0.15) is 5.26 Å². The molecule has 0 fully saturated rings. The summed E-state index contributed by atoms with van der Waals surface area (Å²) in [4.78, 5) is 1.67. The molecule has 0 heterocycles. The molecule has 0 radical (unpaired) electrons. The molecule has 0 atom stereocenters. The summed E-state index contributed by atoms with van der Waals surface area (Å²) >= 11 is 3.21. The van der Waals surface area contributed by atoms with Crippen molar-refractivity contribution in [3.05, 3.63) is 40.4 Å². The van der Waals surface area contributed by atoms with Crippen LogP contribution in [0.4, 0.5) is 4.39 Å². The highest BCUT2D eigenvalue weighted by Gasteiger charge is 2.06. The van der Waals surface area contributed by atoms with Crippen LogP contribution in [0.15, 0.2) is 34.6 Å². The van der Waals surface area contributed by atoms with Crippen molar-refractivity contribution in [2.75, 3.05) is 14.1 Å². The van der Waals surface area contributed by atoms with Gasteiger partial charge < -0.3 is 9.64 Å². The quantitative estimate of drug-likeness (QED) is 0.633. The van der Waals surface area contributed by atoms with Crippen LogP contribution in [0.25, 0.3) is 0 Å². The zero-order valence-corrected chi connectivity index (χ0v) is 10.5. The predicted molar refractivity (Wildman–Crippen MR) is 62.1 cm³/mol. The van der Waals surface area contributed by atoms with Crippen LogP contribution < -0.4 is 4.74 Å². The summed E-state index contributed by atoms with van der Waals surface area (Å²) in [6.07, 6.45) is 1.51. The summed E-state index contributed by atoms with van der Waals surface area (Å²) in [5.41, 5.74) is 0. The maximum atomic E-state index is 13.0. The minimum Gasteiger partial charge on any atom is -0.443 e. The lowest BCUT2D eigenvalue weighted by Crippen LogP contribution is -2.05. The van der Waals surface area contributed by atoms with Gasteiger partial charge in [0.05, 0.1) is 10.7 Å². The maximum absolute atomic E-state index is 13.0. The SMILES string of the molecule is CN(C)/C=C(\C#N)Oc1cc(F)ccc1Br. The van der Waals surface area contributed by atoms with E-state index in [1.165, 1.54) is 24.4 Å². The van der Waals surface area contributed by atoms with Crippen LogP contribution in [-0.2, 0) is 0 Å². The second kappa shape index (κ2) is 5.52. The Morgan fingerprint density at radius 3 is 2.81 bits per heavy atom. The molecule has 0 spiro atoms. The van der Waals surface area contributed by atoms with E-state index >= 15 is 0 Å². The Bertz CT molecular complexity index is 452. The Labute approximate surface area is 102 Å². The second-order valence-corrected chi connectivity index (χ2v) is 4.10. The first-order valence-corrected chi connectivity index (χ1v) is 5.23. The Balaban J connectivity index is 2.95. The summed E-state index contributed by atoms with van der Waals surface area (Å²) in [5.74, 6) is -0.0497. The van der Waals surface area contributed by atoms with Gasteiger partial charge in [-0.25, -0.2) is 4.39 Å². The highest BCUT2D eigenvalue weighted by molar-refractivity contribution is 9.10. The van der Waals surface area contributed by atoms with Crippen molar-refractivity contribution in [1.82, 2.24) is 4.90 Å². The molecule has 1 rings (SSSR count). The molecule has 0 N–H and O–H groups in total. The van der Waals surface area contributed by atoms with Gasteiger partial charge in [0.2, 0.25) is 5.76 Å². The summed E-state index contributed by atoms with van der Waals surface area (Å²) in [6.45, 7) is 0. The molecule has 1 aromatic carbocycles. The van der Waals surface area contributed by atoms with E-state index in [1.807, 2.05) is 6.07 Å². The zero-order chi connectivity index (χ0) is 12.1. The van der Waals surface area contributed by atoms with E-state index in [2.05, 4.69) is 15.9 Å².